The van der Waals surface area contributed by atoms with Crippen molar-refractivity contribution in [2.24, 2.45) is 0 Å². The molecule has 0 aliphatic carbocycles. The van der Waals surface area contributed by atoms with E-state index in [0.29, 0.717) is 6.61 Å². The third-order valence-electron chi connectivity index (χ3n) is 1.50. The van der Waals surface area contributed by atoms with Crippen molar-refractivity contribution < 1.29 is 9.53 Å². The molecule has 0 atom stereocenters. The van der Waals surface area contributed by atoms with Gasteiger partial charge in [-0.15, -0.1) is 0 Å². The molecule has 0 amide bonds. The van der Waals surface area contributed by atoms with Crippen LogP contribution in [0.1, 0.15) is 40.0 Å². The summed E-state index contributed by atoms with van der Waals surface area (Å²) >= 11 is 0. The van der Waals surface area contributed by atoms with Crippen LogP contribution in [0.15, 0.2) is 11.6 Å². The van der Waals surface area contributed by atoms with Crippen LogP contribution in [0.4, 0.5) is 0 Å². The van der Waals surface area contributed by atoms with Gasteiger partial charge in [-0.3, -0.25) is 0 Å². The second kappa shape index (κ2) is 6.89. The minimum Gasteiger partial charge on any atom is -0.462 e. The lowest BCUT2D eigenvalue weighted by atomic mass is 10.2. The normalized spacial score (nSPS) is 11.4. The predicted octanol–water partition coefficient (Wildman–Crippen LogP) is 2.69. The van der Waals surface area contributed by atoms with E-state index in [9.17, 15) is 4.79 Å². The number of carbonyl (C=O) groups is 1. The molecule has 2 heteroatoms. The number of allylic oxidation sites excluding steroid dienone is 1. The summed E-state index contributed by atoms with van der Waals surface area (Å²) < 4.78 is 4.94. The van der Waals surface area contributed by atoms with Crippen molar-refractivity contribution in [3.05, 3.63) is 11.6 Å². The Labute approximate surface area is 74.6 Å². The van der Waals surface area contributed by atoms with Gasteiger partial charge in [0, 0.05) is 5.57 Å². The van der Waals surface area contributed by atoms with E-state index in [4.69, 9.17) is 4.74 Å². The Morgan fingerprint density at radius 3 is 2.50 bits per heavy atom. The highest BCUT2D eigenvalue weighted by Crippen LogP contribution is 2.00. The summed E-state index contributed by atoms with van der Waals surface area (Å²) in [6.45, 7) is 6.39. The lowest BCUT2D eigenvalue weighted by molar-refractivity contribution is -0.139. The third-order valence-corrected chi connectivity index (χ3v) is 1.50. The Morgan fingerprint density at radius 2 is 2.00 bits per heavy atom. The van der Waals surface area contributed by atoms with Gasteiger partial charge >= 0.3 is 5.97 Å². The maximum absolute atomic E-state index is 11.1. The smallest absolute Gasteiger partial charge is 0.333 e. The van der Waals surface area contributed by atoms with E-state index in [-0.39, 0.29) is 5.97 Å². The highest BCUT2D eigenvalue weighted by atomic mass is 16.5. The Morgan fingerprint density at radius 1 is 1.33 bits per heavy atom. The molecule has 0 aromatic heterocycles. The van der Waals surface area contributed by atoms with E-state index in [1.807, 2.05) is 13.0 Å². The number of rotatable bonds is 5. The fraction of sp³-hybridized carbons (Fsp3) is 0.700. The van der Waals surface area contributed by atoms with Gasteiger partial charge in [0.25, 0.3) is 0 Å². The zero-order valence-corrected chi connectivity index (χ0v) is 8.22. The molecule has 0 aromatic rings. The average molecular weight is 170 g/mol. The third kappa shape index (κ3) is 4.94. The van der Waals surface area contributed by atoms with Crippen molar-refractivity contribution in [1.82, 2.24) is 0 Å². The lowest BCUT2D eigenvalue weighted by Crippen LogP contribution is -2.06. The van der Waals surface area contributed by atoms with Crippen molar-refractivity contribution in [1.29, 1.82) is 0 Å². The summed E-state index contributed by atoms with van der Waals surface area (Å²) in [6.07, 6.45) is 4.83. The molecular formula is C10H18O2. The number of unbranched alkanes of at least 4 members (excludes halogenated alkanes) is 1. The molecule has 70 valence electrons. The highest BCUT2D eigenvalue weighted by Gasteiger charge is 2.02. The van der Waals surface area contributed by atoms with Crippen LogP contribution in [0.5, 0.6) is 0 Å². The van der Waals surface area contributed by atoms with Gasteiger partial charge in [0.2, 0.25) is 0 Å². The Balaban J connectivity index is 3.75. The van der Waals surface area contributed by atoms with E-state index in [2.05, 4.69) is 6.92 Å². The van der Waals surface area contributed by atoms with Crippen LogP contribution in [0.25, 0.3) is 0 Å². The second-order valence-electron chi connectivity index (χ2n) is 2.81. The molecule has 0 fully saturated rings. The van der Waals surface area contributed by atoms with Gasteiger partial charge in [0.15, 0.2) is 0 Å². The first kappa shape index (κ1) is 11.2. The largest absolute Gasteiger partial charge is 0.462 e. The van der Waals surface area contributed by atoms with Crippen molar-refractivity contribution in [2.75, 3.05) is 6.61 Å². The number of hydrogen-bond acceptors (Lipinski definition) is 2. The van der Waals surface area contributed by atoms with Gasteiger partial charge in [-0.05, 0) is 19.8 Å². The molecule has 0 unspecified atom stereocenters. The predicted molar refractivity (Wildman–Crippen MR) is 49.9 cm³/mol. The second-order valence-corrected chi connectivity index (χ2v) is 2.81. The molecule has 0 rings (SSSR count). The van der Waals surface area contributed by atoms with Gasteiger partial charge in [-0.2, -0.15) is 0 Å². The lowest BCUT2D eigenvalue weighted by Gasteiger charge is -2.01. The molecule has 0 heterocycles. The fourth-order valence-electron chi connectivity index (χ4n) is 0.753. The van der Waals surface area contributed by atoms with E-state index < -0.39 is 0 Å². The van der Waals surface area contributed by atoms with E-state index >= 15 is 0 Å². The number of carbonyl (C=O) groups excluding carboxylic acids is 1. The quantitative estimate of drug-likeness (QED) is 0.468. The van der Waals surface area contributed by atoms with E-state index in [1.165, 1.54) is 0 Å². The summed E-state index contributed by atoms with van der Waals surface area (Å²) in [4.78, 5) is 11.1. The zero-order valence-electron chi connectivity index (χ0n) is 8.22. The van der Waals surface area contributed by atoms with Crippen LogP contribution in [-0.4, -0.2) is 12.6 Å². The Hall–Kier alpha value is -0.790. The summed E-state index contributed by atoms with van der Waals surface area (Å²) in [7, 11) is 0. The van der Waals surface area contributed by atoms with Gasteiger partial charge < -0.3 is 4.74 Å². The molecule has 0 aliphatic rings. The number of ether oxygens (including phenoxy) is 1. The zero-order chi connectivity index (χ0) is 9.40. The summed E-state index contributed by atoms with van der Waals surface area (Å²) in [6, 6.07) is 0. The average Bonchev–Trinajstić information content (AvgIpc) is 2.10. The molecule has 0 aliphatic heterocycles. The first-order valence-corrected chi connectivity index (χ1v) is 4.56. The van der Waals surface area contributed by atoms with Crippen LogP contribution < -0.4 is 0 Å². The molecule has 0 saturated carbocycles. The van der Waals surface area contributed by atoms with Crippen LogP contribution in [0, 0.1) is 0 Å². The van der Waals surface area contributed by atoms with Gasteiger partial charge in [-0.25, -0.2) is 4.79 Å². The molecule has 12 heavy (non-hydrogen) atoms. The molecule has 0 saturated heterocycles. The van der Waals surface area contributed by atoms with E-state index in [0.717, 1.165) is 24.8 Å². The van der Waals surface area contributed by atoms with Crippen molar-refractivity contribution >= 4 is 5.97 Å². The topological polar surface area (TPSA) is 26.3 Å². The molecule has 0 bridgehead atoms. The fourth-order valence-corrected chi connectivity index (χ4v) is 0.753. The first-order chi connectivity index (χ1) is 5.72. The minimum absolute atomic E-state index is 0.176. The van der Waals surface area contributed by atoms with Crippen LogP contribution in [0.2, 0.25) is 0 Å². The molecule has 2 nitrogen and oxygen atoms in total. The number of esters is 1. The molecule has 0 spiro atoms. The molecule has 0 aromatic carbocycles. The monoisotopic (exact) mass is 170 g/mol. The van der Waals surface area contributed by atoms with Gasteiger partial charge in [-0.1, -0.05) is 26.3 Å². The van der Waals surface area contributed by atoms with Crippen molar-refractivity contribution in [2.45, 2.75) is 40.0 Å². The Kier molecular flexibility index (Phi) is 6.44. The van der Waals surface area contributed by atoms with Crippen LogP contribution >= 0.6 is 0 Å². The highest BCUT2D eigenvalue weighted by molar-refractivity contribution is 5.87. The standard InChI is InChI=1S/C10H18O2/c1-4-6-7-9(3)10(11)12-8-5-2/h7H,4-6,8H2,1-3H3/b9-7+. The van der Waals surface area contributed by atoms with Crippen molar-refractivity contribution in [3.63, 3.8) is 0 Å². The van der Waals surface area contributed by atoms with E-state index in [1.54, 1.807) is 6.92 Å². The van der Waals surface area contributed by atoms with Crippen LogP contribution in [0.3, 0.4) is 0 Å². The SMILES string of the molecule is CCC/C=C(\C)C(=O)OCCC. The summed E-state index contributed by atoms with van der Waals surface area (Å²) in [5, 5.41) is 0. The Bertz CT molecular complexity index is 159. The minimum atomic E-state index is -0.176. The van der Waals surface area contributed by atoms with Gasteiger partial charge in [0.05, 0.1) is 6.61 Å². The van der Waals surface area contributed by atoms with Crippen molar-refractivity contribution in [3.8, 4) is 0 Å². The number of hydrogen-bond donors (Lipinski definition) is 0. The maximum atomic E-state index is 11.1. The summed E-state index contributed by atoms with van der Waals surface area (Å²) in [5.74, 6) is -0.176. The molecular weight excluding hydrogens is 152 g/mol. The molecule has 0 N–H and O–H groups in total. The molecule has 0 radical (unpaired) electrons. The van der Waals surface area contributed by atoms with Gasteiger partial charge in [0.1, 0.15) is 0 Å². The maximum Gasteiger partial charge on any atom is 0.333 e. The summed E-state index contributed by atoms with van der Waals surface area (Å²) in [5.41, 5.74) is 0.727. The van der Waals surface area contributed by atoms with Crippen LogP contribution in [-0.2, 0) is 9.53 Å². The first-order valence-electron chi connectivity index (χ1n) is 4.56.